The van der Waals surface area contributed by atoms with Gasteiger partial charge < -0.3 is 10.1 Å². The van der Waals surface area contributed by atoms with Crippen molar-refractivity contribution in [3.8, 4) is 11.9 Å². The van der Waals surface area contributed by atoms with Gasteiger partial charge in [-0.3, -0.25) is 9.48 Å². The van der Waals surface area contributed by atoms with Crippen LogP contribution in [0.5, 0.6) is 5.88 Å². The van der Waals surface area contributed by atoms with E-state index in [9.17, 15) is 4.79 Å². The summed E-state index contributed by atoms with van der Waals surface area (Å²) < 4.78 is 7.05. The number of ether oxygens (including phenoxy) is 1. The van der Waals surface area contributed by atoms with Crippen molar-refractivity contribution < 1.29 is 9.53 Å². The lowest BCUT2D eigenvalue weighted by atomic mass is 10.1. The number of nitrogens with one attached hydrogen (secondary N) is 1. The number of benzene rings is 2. The highest BCUT2D eigenvalue weighted by Crippen LogP contribution is 2.24. The predicted molar refractivity (Wildman–Crippen MR) is 113 cm³/mol. The van der Waals surface area contributed by atoms with Crippen LogP contribution in [0.15, 0.2) is 60.8 Å². The minimum absolute atomic E-state index is 0.257. The number of hydrogen-bond donors (Lipinski definition) is 1. The quantitative estimate of drug-likeness (QED) is 0.551. The molecule has 1 N–H and O–H groups in total. The van der Waals surface area contributed by atoms with Crippen molar-refractivity contribution in [2.24, 2.45) is 0 Å². The van der Waals surface area contributed by atoms with Crippen molar-refractivity contribution in [3.63, 3.8) is 0 Å². The van der Waals surface area contributed by atoms with E-state index in [2.05, 4.69) is 21.5 Å². The average molecular weight is 397 g/mol. The summed E-state index contributed by atoms with van der Waals surface area (Å²) in [6, 6.07) is 18.5. The Hall–Kier alpha value is -4.18. The van der Waals surface area contributed by atoms with Gasteiger partial charge in [0.05, 0.1) is 53.9 Å². The van der Waals surface area contributed by atoms with Crippen LogP contribution < -0.4 is 10.1 Å². The second kappa shape index (κ2) is 8.05. The van der Waals surface area contributed by atoms with Gasteiger partial charge >= 0.3 is 0 Å². The normalized spacial score (nSPS) is 10.6. The fourth-order valence-electron chi connectivity index (χ4n) is 3.22. The number of anilines is 1. The van der Waals surface area contributed by atoms with E-state index in [1.165, 1.54) is 7.11 Å². The molecule has 148 valence electrons. The van der Waals surface area contributed by atoms with Crippen molar-refractivity contribution >= 4 is 22.5 Å². The molecular formula is C23H19N5O2. The van der Waals surface area contributed by atoms with E-state index in [1.807, 2.05) is 48.0 Å². The lowest BCUT2D eigenvalue weighted by Gasteiger charge is -2.10. The van der Waals surface area contributed by atoms with Crippen LogP contribution in [0.1, 0.15) is 27.2 Å². The number of nitriles is 1. The van der Waals surface area contributed by atoms with Crippen LogP contribution in [-0.2, 0) is 6.54 Å². The smallest absolute Gasteiger partial charge is 0.256 e. The van der Waals surface area contributed by atoms with Crippen LogP contribution in [0.4, 0.5) is 5.69 Å². The Morgan fingerprint density at radius 1 is 1.20 bits per heavy atom. The van der Waals surface area contributed by atoms with Gasteiger partial charge in [-0.05, 0) is 30.7 Å². The summed E-state index contributed by atoms with van der Waals surface area (Å²) in [6.45, 7) is 2.44. The molecule has 1 amide bonds. The van der Waals surface area contributed by atoms with Gasteiger partial charge in [0.1, 0.15) is 0 Å². The lowest BCUT2D eigenvalue weighted by Crippen LogP contribution is -2.14. The van der Waals surface area contributed by atoms with Gasteiger partial charge in [-0.25, -0.2) is 4.98 Å². The summed E-state index contributed by atoms with van der Waals surface area (Å²) in [4.78, 5) is 17.4. The number of hydrogen-bond acceptors (Lipinski definition) is 5. The number of methoxy groups -OCH3 is 1. The summed E-state index contributed by atoms with van der Waals surface area (Å²) in [5.41, 5.74) is 4.27. The van der Waals surface area contributed by atoms with E-state index in [4.69, 9.17) is 10.00 Å². The Balaban J connectivity index is 1.59. The topological polar surface area (TPSA) is 92.8 Å². The Bertz CT molecular complexity index is 1270. The molecule has 0 bridgehead atoms. The summed E-state index contributed by atoms with van der Waals surface area (Å²) in [6.07, 6.45) is 1.64. The van der Waals surface area contributed by atoms with Gasteiger partial charge in [0.2, 0.25) is 5.88 Å². The van der Waals surface area contributed by atoms with Crippen molar-refractivity contribution in [3.05, 3.63) is 83.2 Å². The zero-order valence-corrected chi connectivity index (χ0v) is 16.6. The predicted octanol–water partition coefficient (Wildman–Crippen LogP) is 3.92. The molecule has 0 spiro atoms. The fourth-order valence-corrected chi connectivity index (χ4v) is 3.22. The van der Waals surface area contributed by atoms with E-state index in [0.29, 0.717) is 34.8 Å². The third-order valence-corrected chi connectivity index (χ3v) is 4.91. The average Bonchev–Trinajstić information content (AvgIpc) is 3.12. The second-order valence-electron chi connectivity index (χ2n) is 6.79. The number of nitrogens with zero attached hydrogens (tertiary/aromatic N) is 4. The maximum absolute atomic E-state index is 13.0. The van der Waals surface area contributed by atoms with Gasteiger partial charge in [-0.1, -0.05) is 30.3 Å². The zero-order valence-electron chi connectivity index (χ0n) is 16.6. The number of fused-ring (bicyclic) bond motifs is 1. The monoisotopic (exact) mass is 397 g/mol. The molecule has 2 aromatic heterocycles. The van der Waals surface area contributed by atoms with Gasteiger partial charge in [-0.2, -0.15) is 10.4 Å². The van der Waals surface area contributed by atoms with Crippen LogP contribution in [0.3, 0.4) is 0 Å². The summed E-state index contributed by atoms with van der Waals surface area (Å²) >= 11 is 0. The highest BCUT2D eigenvalue weighted by atomic mass is 16.5. The minimum atomic E-state index is -0.257. The van der Waals surface area contributed by atoms with E-state index in [1.54, 1.807) is 24.4 Å². The highest BCUT2D eigenvalue weighted by Gasteiger charge is 2.16. The van der Waals surface area contributed by atoms with Gasteiger partial charge in [0.25, 0.3) is 5.91 Å². The molecule has 0 radical (unpaired) electrons. The largest absolute Gasteiger partial charge is 0.481 e. The third kappa shape index (κ3) is 3.71. The Morgan fingerprint density at radius 3 is 2.70 bits per heavy atom. The second-order valence-corrected chi connectivity index (χ2v) is 6.79. The maximum atomic E-state index is 13.0. The molecule has 4 aromatic rings. The Labute approximate surface area is 173 Å². The van der Waals surface area contributed by atoms with Gasteiger partial charge in [0, 0.05) is 11.5 Å². The standard InChI is InChI=1S/C23H19N5O2/c1-15-21(13-25-28(15)14-17-9-7-16(12-24)8-10-17)27-23(29)19-11-22(30-2)26-20-6-4-3-5-18(19)20/h3-11,13H,14H2,1-2H3,(H,27,29). The molecule has 0 aliphatic heterocycles. The lowest BCUT2D eigenvalue weighted by molar-refractivity contribution is 0.102. The van der Waals surface area contributed by atoms with Crippen LogP contribution in [0, 0.1) is 18.3 Å². The fraction of sp³-hybridized carbons (Fsp3) is 0.130. The number of aromatic nitrogens is 3. The van der Waals surface area contributed by atoms with Gasteiger partial charge in [-0.15, -0.1) is 0 Å². The first-order valence-electron chi connectivity index (χ1n) is 9.35. The molecule has 7 nitrogen and oxygen atoms in total. The third-order valence-electron chi connectivity index (χ3n) is 4.91. The zero-order chi connectivity index (χ0) is 21.1. The van der Waals surface area contributed by atoms with E-state index >= 15 is 0 Å². The van der Waals surface area contributed by atoms with Crippen molar-refractivity contribution in [2.75, 3.05) is 12.4 Å². The van der Waals surface area contributed by atoms with Crippen molar-refractivity contribution in [1.29, 1.82) is 5.26 Å². The molecule has 7 heteroatoms. The summed E-state index contributed by atoms with van der Waals surface area (Å²) in [5, 5.41) is 17.0. The molecule has 4 rings (SSSR count). The van der Waals surface area contributed by atoms with E-state index in [-0.39, 0.29) is 5.91 Å². The van der Waals surface area contributed by atoms with Crippen molar-refractivity contribution in [1.82, 2.24) is 14.8 Å². The molecule has 0 aliphatic rings. The molecule has 0 saturated carbocycles. The number of rotatable bonds is 5. The molecule has 0 atom stereocenters. The number of carbonyl (C=O) groups excluding carboxylic acids is 1. The van der Waals surface area contributed by atoms with Crippen LogP contribution in [-0.4, -0.2) is 27.8 Å². The SMILES string of the molecule is COc1cc(C(=O)Nc2cnn(Cc3ccc(C#N)cc3)c2C)c2ccccc2n1. The molecule has 0 unspecified atom stereocenters. The summed E-state index contributed by atoms with van der Waals surface area (Å²) in [7, 11) is 1.52. The number of para-hydroxylation sites is 1. The molecular weight excluding hydrogens is 378 g/mol. The molecule has 0 saturated heterocycles. The minimum Gasteiger partial charge on any atom is -0.481 e. The maximum Gasteiger partial charge on any atom is 0.256 e. The van der Waals surface area contributed by atoms with Crippen LogP contribution in [0.2, 0.25) is 0 Å². The number of pyridine rings is 1. The first-order chi connectivity index (χ1) is 14.6. The molecule has 30 heavy (non-hydrogen) atoms. The van der Waals surface area contributed by atoms with Gasteiger partial charge in [0.15, 0.2) is 0 Å². The first-order valence-corrected chi connectivity index (χ1v) is 9.35. The Kier molecular flexibility index (Phi) is 5.14. The molecule has 2 aromatic carbocycles. The molecule has 2 heterocycles. The number of carbonyl (C=O) groups is 1. The molecule has 0 aliphatic carbocycles. The highest BCUT2D eigenvalue weighted by molar-refractivity contribution is 6.12. The van der Waals surface area contributed by atoms with E-state index in [0.717, 1.165) is 16.6 Å². The first kappa shape index (κ1) is 19.2. The summed E-state index contributed by atoms with van der Waals surface area (Å²) in [5.74, 6) is 0.125. The van der Waals surface area contributed by atoms with E-state index < -0.39 is 0 Å². The van der Waals surface area contributed by atoms with Crippen LogP contribution >= 0.6 is 0 Å². The van der Waals surface area contributed by atoms with Crippen molar-refractivity contribution in [2.45, 2.75) is 13.5 Å². The molecule has 0 fully saturated rings. The Morgan fingerprint density at radius 2 is 1.97 bits per heavy atom. The van der Waals surface area contributed by atoms with Crippen LogP contribution in [0.25, 0.3) is 10.9 Å². The number of amides is 1.